The summed E-state index contributed by atoms with van der Waals surface area (Å²) in [5, 5.41) is 0. The molecule has 0 saturated carbocycles. The SMILES string of the molecule is C#Cc1cc(OC)ccc1OC.Cc1ccccc1. The Morgan fingerprint density at radius 2 is 1.63 bits per heavy atom. The van der Waals surface area contributed by atoms with Crippen molar-refractivity contribution >= 4 is 0 Å². The van der Waals surface area contributed by atoms with Gasteiger partial charge in [-0.3, -0.25) is 0 Å². The molecule has 98 valence electrons. The summed E-state index contributed by atoms with van der Waals surface area (Å²) < 4.78 is 10.0. The van der Waals surface area contributed by atoms with Crippen LogP contribution in [0.2, 0.25) is 0 Å². The maximum absolute atomic E-state index is 5.26. The molecule has 2 aromatic rings. The van der Waals surface area contributed by atoms with Crippen LogP contribution in [0.1, 0.15) is 11.1 Å². The molecule has 2 aromatic carbocycles. The second-order valence-corrected chi connectivity index (χ2v) is 3.87. The van der Waals surface area contributed by atoms with Crippen LogP contribution in [0, 0.1) is 19.3 Å². The summed E-state index contributed by atoms with van der Waals surface area (Å²) in [6.07, 6.45) is 5.26. The van der Waals surface area contributed by atoms with Gasteiger partial charge in [-0.1, -0.05) is 41.8 Å². The Labute approximate surface area is 115 Å². The number of methoxy groups -OCH3 is 2. The number of rotatable bonds is 2. The van der Waals surface area contributed by atoms with Crippen molar-refractivity contribution < 1.29 is 9.47 Å². The lowest BCUT2D eigenvalue weighted by Gasteiger charge is -2.04. The van der Waals surface area contributed by atoms with Gasteiger partial charge in [0.1, 0.15) is 11.5 Å². The Hall–Kier alpha value is -2.40. The summed E-state index contributed by atoms with van der Waals surface area (Å²) in [6.45, 7) is 2.08. The monoisotopic (exact) mass is 254 g/mol. The van der Waals surface area contributed by atoms with E-state index < -0.39 is 0 Å². The van der Waals surface area contributed by atoms with Crippen molar-refractivity contribution in [3.63, 3.8) is 0 Å². The van der Waals surface area contributed by atoms with Crippen molar-refractivity contribution in [2.24, 2.45) is 0 Å². The van der Waals surface area contributed by atoms with Gasteiger partial charge in [-0.2, -0.15) is 0 Å². The first-order valence-electron chi connectivity index (χ1n) is 5.91. The minimum Gasteiger partial charge on any atom is -0.497 e. The van der Waals surface area contributed by atoms with Crippen LogP contribution in [0.5, 0.6) is 11.5 Å². The molecule has 0 aliphatic rings. The first kappa shape index (κ1) is 14.7. The largest absolute Gasteiger partial charge is 0.497 e. The highest BCUT2D eigenvalue weighted by atomic mass is 16.5. The highest BCUT2D eigenvalue weighted by Gasteiger charge is 2.00. The normalized spacial score (nSPS) is 8.74. The van der Waals surface area contributed by atoms with Gasteiger partial charge in [-0.15, -0.1) is 6.42 Å². The van der Waals surface area contributed by atoms with Crippen molar-refractivity contribution in [2.45, 2.75) is 6.92 Å². The fraction of sp³-hybridized carbons (Fsp3) is 0.176. The molecule has 0 radical (unpaired) electrons. The van der Waals surface area contributed by atoms with Crippen molar-refractivity contribution in [1.29, 1.82) is 0 Å². The molecule has 0 heterocycles. The molecule has 2 nitrogen and oxygen atoms in total. The number of benzene rings is 2. The predicted molar refractivity (Wildman–Crippen MR) is 78.7 cm³/mol. The Bertz CT molecular complexity index is 539. The van der Waals surface area contributed by atoms with E-state index in [4.69, 9.17) is 15.9 Å². The van der Waals surface area contributed by atoms with Crippen molar-refractivity contribution in [2.75, 3.05) is 14.2 Å². The summed E-state index contributed by atoms with van der Waals surface area (Å²) in [7, 11) is 3.19. The lowest BCUT2D eigenvalue weighted by molar-refractivity contribution is 0.402. The van der Waals surface area contributed by atoms with Crippen LogP contribution in [0.4, 0.5) is 0 Å². The molecule has 2 heteroatoms. The third-order valence-electron chi connectivity index (χ3n) is 2.50. The van der Waals surface area contributed by atoms with Crippen molar-refractivity contribution in [1.82, 2.24) is 0 Å². The van der Waals surface area contributed by atoms with Crippen LogP contribution in [0.3, 0.4) is 0 Å². The third kappa shape index (κ3) is 4.77. The molecule has 0 bridgehead atoms. The van der Waals surface area contributed by atoms with Gasteiger partial charge in [0, 0.05) is 0 Å². The second kappa shape index (κ2) is 7.84. The fourth-order valence-corrected chi connectivity index (χ4v) is 1.46. The summed E-state index contributed by atoms with van der Waals surface area (Å²) in [5.41, 5.74) is 2.03. The van der Waals surface area contributed by atoms with E-state index in [1.54, 1.807) is 32.4 Å². The van der Waals surface area contributed by atoms with Gasteiger partial charge in [-0.05, 0) is 25.1 Å². The average molecular weight is 254 g/mol. The molecule has 0 spiro atoms. The summed E-state index contributed by atoms with van der Waals surface area (Å²) >= 11 is 0. The van der Waals surface area contributed by atoms with Crippen LogP contribution < -0.4 is 9.47 Å². The zero-order valence-electron chi connectivity index (χ0n) is 11.5. The summed E-state index contributed by atoms with van der Waals surface area (Å²) in [5.74, 6) is 3.95. The van der Waals surface area contributed by atoms with Gasteiger partial charge in [0.15, 0.2) is 0 Å². The maximum atomic E-state index is 5.26. The Kier molecular flexibility index (Phi) is 6.05. The Morgan fingerprint density at radius 3 is 2.05 bits per heavy atom. The zero-order valence-corrected chi connectivity index (χ0v) is 11.5. The fourth-order valence-electron chi connectivity index (χ4n) is 1.46. The van der Waals surface area contributed by atoms with E-state index in [0.717, 1.165) is 5.75 Å². The topological polar surface area (TPSA) is 18.5 Å². The molecular weight excluding hydrogens is 236 g/mol. The molecule has 0 saturated heterocycles. The lowest BCUT2D eigenvalue weighted by atomic mass is 10.2. The number of hydrogen-bond acceptors (Lipinski definition) is 2. The van der Waals surface area contributed by atoms with E-state index in [9.17, 15) is 0 Å². The van der Waals surface area contributed by atoms with Gasteiger partial charge in [0.2, 0.25) is 0 Å². The number of hydrogen-bond donors (Lipinski definition) is 0. The van der Waals surface area contributed by atoms with E-state index in [1.165, 1.54) is 5.56 Å². The van der Waals surface area contributed by atoms with Crippen LogP contribution in [-0.2, 0) is 0 Å². The summed E-state index contributed by atoms with van der Waals surface area (Å²) in [6, 6.07) is 15.6. The van der Waals surface area contributed by atoms with E-state index >= 15 is 0 Å². The highest BCUT2D eigenvalue weighted by Crippen LogP contribution is 2.22. The van der Waals surface area contributed by atoms with Crippen LogP contribution in [0.25, 0.3) is 0 Å². The summed E-state index contributed by atoms with van der Waals surface area (Å²) in [4.78, 5) is 0. The van der Waals surface area contributed by atoms with E-state index in [1.807, 2.05) is 18.2 Å². The van der Waals surface area contributed by atoms with Gasteiger partial charge in [0.25, 0.3) is 0 Å². The molecule has 0 amide bonds. The first-order valence-corrected chi connectivity index (χ1v) is 5.91. The average Bonchev–Trinajstić information content (AvgIpc) is 2.48. The quantitative estimate of drug-likeness (QED) is 0.761. The van der Waals surface area contributed by atoms with E-state index in [0.29, 0.717) is 11.3 Å². The molecule has 0 aliphatic carbocycles. The molecule has 0 N–H and O–H groups in total. The molecule has 2 rings (SSSR count). The molecular formula is C17H18O2. The Balaban J connectivity index is 0.000000218. The minimum absolute atomic E-state index is 0.693. The molecule has 0 aliphatic heterocycles. The van der Waals surface area contributed by atoms with Crippen LogP contribution >= 0.6 is 0 Å². The maximum Gasteiger partial charge on any atom is 0.134 e. The zero-order chi connectivity index (χ0) is 14.1. The minimum atomic E-state index is 0.693. The highest BCUT2D eigenvalue weighted by molar-refractivity contribution is 5.49. The molecule has 19 heavy (non-hydrogen) atoms. The molecule has 0 unspecified atom stereocenters. The van der Waals surface area contributed by atoms with E-state index in [-0.39, 0.29) is 0 Å². The van der Waals surface area contributed by atoms with Gasteiger partial charge < -0.3 is 9.47 Å². The Morgan fingerprint density at radius 1 is 0.947 bits per heavy atom. The second-order valence-electron chi connectivity index (χ2n) is 3.87. The number of aryl methyl sites for hydroxylation is 1. The van der Waals surface area contributed by atoms with Gasteiger partial charge >= 0.3 is 0 Å². The van der Waals surface area contributed by atoms with E-state index in [2.05, 4.69) is 25.0 Å². The lowest BCUT2D eigenvalue weighted by Crippen LogP contribution is -1.89. The van der Waals surface area contributed by atoms with Gasteiger partial charge in [-0.25, -0.2) is 0 Å². The smallest absolute Gasteiger partial charge is 0.134 e. The number of terminal acetylenes is 1. The third-order valence-corrected chi connectivity index (χ3v) is 2.50. The van der Waals surface area contributed by atoms with Crippen molar-refractivity contribution in [3.8, 4) is 23.8 Å². The number of ether oxygens (including phenoxy) is 2. The first-order chi connectivity index (χ1) is 9.21. The standard InChI is InChI=1S/C10H10O2.C7H8/c1-4-8-7-9(11-2)5-6-10(8)12-3;1-7-5-3-2-4-6-7/h1,5-7H,2-3H3;2-6H,1H3. The molecule has 0 aromatic heterocycles. The van der Waals surface area contributed by atoms with Crippen LogP contribution in [0.15, 0.2) is 48.5 Å². The van der Waals surface area contributed by atoms with Crippen LogP contribution in [-0.4, -0.2) is 14.2 Å². The molecule has 0 fully saturated rings. The molecule has 0 atom stereocenters. The van der Waals surface area contributed by atoms with Crippen molar-refractivity contribution in [3.05, 3.63) is 59.7 Å². The predicted octanol–water partition coefficient (Wildman–Crippen LogP) is 3.68. The van der Waals surface area contributed by atoms with Gasteiger partial charge in [0.05, 0.1) is 19.8 Å².